The molecule has 0 saturated carbocycles. The van der Waals surface area contributed by atoms with Crippen LogP contribution in [0.5, 0.6) is 0 Å². The normalized spacial score (nSPS) is 16.3. The van der Waals surface area contributed by atoms with Crippen LogP contribution in [0, 0.1) is 12.3 Å². The van der Waals surface area contributed by atoms with Gasteiger partial charge in [0.25, 0.3) is 0 Å². The molecule has 1 aliphatic rings. The molecule has 1 atom stereocenters. The predicted octanol–water partition coefficient (Wildman–Crippen LogP) is 2.01. The lowest BCUT2D eigenvalue weighted by atomic mass is 10.2. The Morgan fingerprint density at radius 2 is 2.28 bits per heavy atom. The maximum Gasteiger partial charge on any atom is 0.320 e. The third-order valence-corrected chi connectivity index (χ3v) is 3.90. The first kappa shape index (κ1) is 16.8. The molecule has 0 spiro atoms. The van der Waals surface area contributed by atoms with E-state index in [1.165, 1.54) is 6.21 Å². The van der Waals surface area contributed by atoms with Gasteiger partial charge < -0.3 is 21.4 Å². The van der Waals surface area contributed by atoms with Crippen LogP contribution in [0.3, 0.4) is 0 Å². The number of carbonyl (C=O) groups excluding carboxylic acids is 1. The molecule has 8 heteroatoms. The minimum Gasteiger partial charge on any atom is -0.354 e. The van der Waals surface area contributed by atoms with Gasteiger partial charge in [0.05, 0.1) is 11.9 Å². The van der Waals surface area contributed by atoms with Crippen molar-refractivity contribution >= 4 is 29.4 Å². The highest BCUT2D eigenvalue weighted by atomic mass is 16.2. The molecule has 2 aromatic heterocycles. The van der Waals surface area contributed by atoms with Gasteiger partial charge in [0, 0.05) is 41.9 Å². The number of hydrogen-bond acceptors (Lipinski definition) is 6. The molecular formula is C17H21N7O. The van der Waals surface area contributed by atoms with Crippen molar-refractivity contribution in [3.63, 3.8) is 0 Å². The van der Waals surface area contributed by atoms with Crippen LogP contribution >= 0.6 is 0 Å². The van der Waals surface area contributed by atoms with Crippen LogP contribution in [-0.2, 0) is 0 Å². The van der Waals surface area contributed by atoms with Crippen LogP contribution in [0.2, 0.25) is 0 Å². The molecule has 1 aliphatic heterocycles. The number of amides is 2. The van der Waals surface area contributed by atoms with Crippen LogP contribution in [0.15, 0.2) is 30.6 Å². The highest BCUT2D eigenvalue weighted by Crippen LogP contribution is 2.21. The summed E-state index contributed by atoms with van der Waals surface area (Å²) in [6, 6.07) is 5.26. The van der Waals surface area contributed by atoms with Crippen molar-refractivity contribution in [2.75, 3.05) is 23.7 Å². The van der Waals surface area contributed by atoms with E-state index < -0.39 is 0 Å². The lowest BCUT2D eigenvalue weighted by Crippen LogP contribution is -2.39. The SMILES string of the molecule is Cc1cc(Nc2cnc(NC(=O)NC3CCNC3)cc2C=N)ccn1. The molecule has 1 fully saturated rings. The molecule has 3 heterocycles. The average molecular weight is 339 g/mol. The largest absolute Gasteiger partial charge is 0.354 e. The van der Waals surface area contributed by atoms with Gasteiger partial charge >= 0.3 is 6.03 Å². The van der Waals surface area contributed by atoms with Crippen LogP contribution < -0.4 is 21.3 Å². The summed E-state index contributed by atoms with van der Waals surface area (Å²) < 4.78 is 0. The summed E-state index contributed by atoms with van der Waals surface area (Å²) in [5.74, 6) is 0.401. The van der Waals surface area contributed by atoms with Gasteiger partial charge in [0.2, 0.25) is 0 Å². The Labute approximate surface area is 146 Å². The van der Waals surface area contributed by atoms with Crippen LogP contribution in [0.25, 0.3) is 0 Å². The topological polar surface area (TPSA) is 115 Å². The van der Waals surface area contributed by atoms with Gasteiger partial charge in [0.15, 0.2) is 0 Å². The van der Waals surface area contributed by atoms with Crippen molar-refractivity contribution in [2.45, 2.75) is 19.4 Å². The van der Waals surface area contributed by atoms with Gasteiger partial charge in [-0.2, -0.15) is 0 Å². The first-order valence-electron chi connectivity index (χ1n) is 8.12. The maximum absolute atomic E-state index is 12.0. The van der Waals surface area contributed by atoms with Gasteiger partial charge in [-0.25, -0.2) is 9.78 Å². The molecular weight excluding hydrogens is 318 g/mol. The lowest BCUT2D eigenvalue weighted by molar-refractivity contribution is 0.249. The summed E-state index contributed by atoms with van der Waals surface area (Å²) in [5.41, 5.74) is 3.07. The number of anilines is 3. The van der Waals surface area contributed by atoms with E-state index in [0.29, 0.717) is 17.1 Å². The highest BCUT2D eigenvalue weighted by molar-refractivity contribution is 5.92. The van der Waals surface area contributed by atoms with E-state index in [9.17, 15) is 4.79 Å². The van der Waals surface area contributed by atoms with Gasteiger partial charge in [0.1, 0.15) is 5.82 Å². The van der Waals surface area contributed by atoms with Gasteiger partial charge in [-0.1, -0.05) is 0 Å². The van der Waals surface area contributed by atoms with E-state index in [0.717, 1.165) is 30.9 Å². The monoisotopic (exact) mass is 339 g/mol. The Kier molecular flexibility index (Phi) is 5.20. The number of pyridine rings is 2. The fraction of sp³-hybridized carbons (Fsp3) is 0.294. The Morgan fingerprint density at radius 1 is 1.40 bits per heavy atom. The van der Waals surface area contributed by atoms with Crippen molar-refractivity contribution in [3.05, 3.63) is 41.9 Å². The zero-order valence-corrected chi connectivity index (χ0v) is 14.0. The van der Waals surface area contributed by atoms with Gasteiger partial charge in [-0.05, 0) is 38.1 Å². The lowest BCUT2D eigenvalue weighted by Gasteiger charge is -2.14. The summed E-state index contributed by atoms with van der Waals surface area (Å²) in [4.78, 5) is 20.4. The van der Waals surface area contributed by atoms with Gasteiger partial charge in [-0.15, -0.1) is 0 Å². The molecule has 1 saturated heterocycles. The number of urea groups is 1. The molecule has 25 heavy (non-hydrogen) atoms. The third kappa shape index (κ3) is 4.51. The molecule has 2 aromatic rings. The second-order valence-electron chi connectivity index (χ2n) is 5.90. The zero-order valence-electron chi connectivity index (χ0n) is 14.0. The van der Waals surface area contributed by atoms with Gasteiger partial charge in [-0.3, -0.25) is 10.3 Å². The average Bonchev–Trinajstić information content (AvgIpc) is 3.09. The number of nitrogens with one attached hydrogen (secondary N) is 5. The standard InChI is InChI=1S/C17H21N7O/c1-11-6-13(3-5-20-11)22-15-10-21-16(7-12(15)8-18)24-17(25)23-14-2-4-19-9-14/h3,5-8,10,14,18-19H,2,4,9H2,1H3,(H,20,22)(H2,21,23,24,25). The van der Waals surface area contributed by atoms with E-state index in [4.69, 9.17) is 5.41 Å². The van der Waals surface area contributed by atoms with Crippen molar-refractivity contribution < 1.29 is 4.79 Å². The Bertz CT molecular complexity index is 771. The van der Waals surface area contributed by atoms with Crippen molar-refractivity contribution in [3.8, 4) is 0 Å². The van der Waals surface area contributed by atoms with Crippen LogP contribution in [0.4, 0.5) is 22.0 Å². The fourth-order valence-corrected chi connectivity index (χ4v) is 2.66. The Morgan fingerprint density at radius 3 is 3.00 bits per heavy atom. The molecule has 0 aromatic carbocycles. The summed E-state index contributed by atoms with van der Waals surface area (Å²) in [6.07, 6.45) is 5.46. The highest BCUT2D eigenvalue weighted by Gasteiger charge is 2.17. The quantitative estimate of drug-likeness (QED) is 0.535. The van der Waals surface area contributed by atoms with E-state index in [1.54, 1.807) is 18.5 Å². The number of nitrogens with zero attached hydrogens (tertiary/aromatic N) is 2. The molecule has 8 nitrogen and oxygen atoms in total. The molecule has 0 aliphatic carbocycles. The molecule has 0 radical (unpaired) electrons. The van der Waals surface area contributed by atoms with E-state index in [2.05, 4.69) is 31.2 Å². The molecule has 3 rings (SSSR count). The van der Waals surface area contributed by atoms with E-state index >= 15 is 0 Å². The second kappa shape index (κ2) is 7.71. The first-order chi connectivity index (χ1) is 12.1. The Hall–Kier alpha value is -3.00. The molecule has 1 unspecified atom stereocenters. The minimum atomic E-state index is -0.289. The first-order valence-corrected chi connectivity index (χ1v) is 8.12. The Balaban J connectivity index is 1.68. The number of aryl methyl sites for hydroxylation is 1. The van der Waals surface area contributed by atoms with Crippen molar-refractivity contribution in [1.29, 1.82) is 5.41 Å². The zero-order chi connectivity index (χ0) is 17.6. The number of aromatic nitrogens is 2. The predicted molar refractivity (Wildman–Crippen MR) is 97.8 cm³/mol. The maximum atomic E-state index is 12.0. The summed E-state index contributed by atoms with van der Waals surface area (Å²) >= 11 is 0. The molecule has 0 bridgehead atoms. The number of carbonyl (C=O) groups is 1. The minimum absolute atomic E-state index is 0.137. The smallest absolute Gasteiger partial charge is 0.320 e. The fourth-order valence-electron chi connectivity index (χ4n) is 2.66. The van der Waals surface area contributed by atoms with Crippen molar-refractivity contribution in [1.82, 2.24) is 20.6 Å². The molecule has 130 valence electrons. The summed E-state index contributed by atoms with van der Waals surface area (Å²) in [7, 11) is 0. The van der Waals surface area contributed by atoms with E-state index in [1.807, 2.05) is 19.1 Å². The van der Waals surface area contributed by atoms with Crippen LogP contribution in [-0.4, -0.2) is 41.3 Å². The molecule has 2 amide bonds. The van der Waals surface area contributed by atoms with E-state index in [-0.39, 0.29) is 12.1 Å². The summed E-state index contributed by atoms with van der Waals surface area (Å²) in [5, 5.41) is 19.6. The van der Waals surface area contributed by atoms with Crippen LogP contribution in [0.1, 0.15) is 17.7 Å². The summed E-state index contributed by atoms with van der Waals surface area (Å²) in [6.45, 7) is 3.60. The van der Waals surface area contributed by atoms with Crippen molar-refractivity contribution in [2.24, 2.45) is 0 Å². The second-order valence-corrected chi connectivity index (χ2v) is 5.90. The number of rotatable bonds is 5. The third-order valence-electron chi connectivity index (χ3n) is 3.90. The molecule has 5 N–H and O–H groups in total. The number of hydrogen-bond donors (Lipinski definition) is 5.